The molecule has 3 heterocycles. The molecule has 1 aliphatic heterocycles. The topological polar surface area (TPSA) is 71.5 Å². The molecule has 0 aromatic carbocycles. The van der Waals surface area contributed by atoms with Crippen LogP contribution in [0.2, 0.25) is 0 Å². The number of rotatable bonds is 3. The van der Waals surface area contributed by atoms with E-state index < -0.39 is 0 Å². The Hall–Kier alpha value is -1.79. The molecule has 0 radical (unpaired) electrons. The van der Waals surface area contributed by atoms with E-state index in [0.29, 0.717) is 23.3 Å². The summed E-state index contributed by atoms with van der Waals surface area (Å²) < 4.78 is 10.4. The average Bonchev–Trinajstić information content (AvgIpc) is 3.17. The van der Waals surface area contributed by atoms with Gasteiger partial charge in [-0.15, -0.1) is 12.4 Å². The molecule has 1 amide bonds. The quantitative estimate of drug-likeness (QED) is 0.940. The molecule has 0 bridgehead atoms. The highest BCUT2D eigenvalue weighted by atomic mass is 35.5. The number of nitrogens with zero attached hydrogens (tertiary/aromatic N) is 2. The van der Waals surface area contributed by atoms with Crippen LogP contribution in [0.5, 0.6) is 0 Å². The van der Waals surface area contributed by atoms with Crippen LogP contribution in [-0.2, 0) is 0 Å². The predicted octanol–water partition coefficient (Wildman–Crippen LogP) is 2.18. The number of carbonyl (C=O) groups excluding carboxylic acids is 1. The van der Waals surface area contributed by atoms with Crippen molar-refractivity contribution in [1.82, 2.24) is 15.4 Å². The third-order valence-corrected chi connectivity index (χ3v) is 3.68. The van der Waals surface area contributed by atoms with Crippen LogP contribution in [0.3, 0.4) is 0 Å². The Morgan fingerprint density at radius 3 is 2.76 bits per heavy atom. The molecule has 114 valence electrons. The van der Waals surface area contributed by atoms with Gasteiger partial charge in [-0.2, -0.15) is 0 Å². The first-order valence-electron chi connectivity index (χ1n) is 6.75. The zero-order valence-corrected chi connectivity index (χ0v) is 12.6. The lowest BCUT2D eigenvalue weighted by atomic mass is 10.1. The molecule has 21 heavy (non-hydrogen) atoms. The summed E-state index contributed by atoms with van der Waals surface area (Å²) in [5.41, 5.74) is 0.333. The number of nitrogens with one attached hydrogen (secondary N) is 1. The third-order valence-electron chi connectivity index (χ3n) is 3.68. The minimum Gasteiger partial charge on any atom is -0.461 e. The van der Waals surface area contributed by atoms with Crippen LogP contribution in [0.1, 0.15) is 23.3 Å². The number of piperidine rings is 1. The smallest absolute Gasteiger partial charge is 0.276 e. The van der Waals surface area contributed by atoms with Gasteiger partial charge in [0.15, 0.2) is 11.5 Å². The Bertz CT molecular complexity index is 574. The standard InChI is InChI=1S/C14H17N3O3.ClH/c1-15-10-4-6-17(7-5-10)14(18)11-9-13(20-16-11)12-3-2-8-19-12;/h2-3,8-10,15H,4-7H2,1H3;1H. The molecule has 0 unspecified atom stereocenters. The van der Waals surface area contributed by atoms with Crippen molar-refractivity contribution in [2.24, 2.45) is 0 Å². The van der Waals surface area contributed by atoms with Gasteiger partial charge < -0.3 is 19.2 Å². The first-order valence-corrected chi connectivity index (χ1v) is 6.75. The zero-order chi connectivity index (χ0) is 13.9. The number of hydrogen-bond acceptors (Lipinski definition) is 5. The van der Waals surface area contributed by atoms with Gasteiger partial charge >= 0.3 is 0 Å². The molecule has 0 atom stereocenters. The summed E-state index contributed by atoms with van der Waals surface area (Å²) in [7, 11) is 1.95. The number of aromatic nitrogens is 1. The van der Waals surface area contributed by atoms with E-state index in [1.807, 2.05) is 11.9 Å². The Morgan fingerprint density at radius 2 is 2.14 bits per heavy atom. The first kappa shape index (κ1) is 15.6. The second-order valence-electron chi connectivity index (χ2n) is 4.91. The van der Waals surface area contributed by atoms with E-state index >= 15 is 0 Å². The molecule has 3 rings (SSSR count). The molecular weight excluding hydrogens is 294 g/mol. The van der Waals surface area contributed by atoms with Gasteiger partial charge in [-0.25, -0.2) is 0 Å². The van der Waals surface area contributed by atoms with Crippen molar-refractivity contribution in [3.63, 3.8) is 0 Å². The molecule has 2 aromatic rings. The number of likely N-dealkylation sites (tertiary alicyclic amines) is 1. The van der Waals surface area contributed by atoms with E-state index in [2.05, 4.69) is 10.5 Å². The van der Waals surface area contributed by atoms with Gasteiger partial charge in [-0.05, 0) is 32.0 Å². The number of halogens is 1. The van der Waals surface area contributed by atoms with Crippen molar-refractivity contribution >= 4 is 18.3 Å². The first-order chi connectivity index (χ1) is 9.78. The maximum Gasteiger partial charge on any atom is 0.276 e. The van der Waals surface area contributed by atoms with E-state index in [9.17, 15) is 4.79 Å². The lowest BCUT2D eigenvalue weighted by molar-refractivity contribution is 0.0697. The minimum atomic E-state index is -0.0823. The van der Waals surface area contributed by atoms with Crippen molar-refractivity contribution in [2.45, 2.75) is 18.9 Å². The third kappa shape index (κ3) is 3.28. The Kier molecular flexibility index (Phi) is 5.03. The maximum atomic E-state index is 12.3. The van der Waals surface area contributed by atoms with E-state index in [1.54, 1.807) is 24.5 Å². The molecule has 1 aliphatic rings. The Labute approximate surface area is 128 Å². The summed E-state index contributed by atoms with van der Waals surface area (Å²) in [6.07, 6.45) is 3.48. The van der Waals surface area contributed by atoms with Gasteiger partial charge in [-0.3, -0.25) is 4.79 Å². The average molecular weight is 312 g/mol. The highest BCUT2D eigenvalue weighted by Crippen LogP contribution is 2.22. The van der Waals surface area contributed by atoms with Gasteiger partial charge in [0, 0.05) is 25.2 Å². The van der Waals surface area contributed by atoms with Crippen molar-refractivity contribution in [1.29, 1.82) is 0 Å². The second-order valence-corrected chi connectivity index (χ2v) is 4.91. The number of carbonyl (C=O) groups is 1. The molecule has 0 saturated carbocycles. The monoisotopic (exact) mass is 311 g/mol. The number of hydrogen-bond donors (Lipinski definition) is 1. The van der Waals surface area contributed by atoms with Crippen molar-refractivity contribution in [3.8, 4) is 11.5 Å². The molecular formula is C14H18ClN3O3. The largest absolute Gasteiger partial charge is 0.461 e. The summed E-state index contributed by atoms with van der Waals surface area (Å²) in [5.74, 6) is 0.968. The summed E-state index contributed by atoms with van der Waals surface area (Å²) in [5, 5.41) is 7.09. The van der Waals surface area contributed by atoms with Crippen molar-refractivity contribution in [3.05, 3.63) is 30.2 Å². The molecule has 1 fully saturated rings. The Morgan fingerprint density at radius 1 is 1.38 bits per heavy atom. The summed E-state index contributed by atoms with van der Waals surface area (Å²) >= 11 is 0. The van der Waals surface area contributed by atoms with Gasteiger partial charge in [0.2, 0.25) is 5.76 Å². The Balaban J connectivity index is 0.00000161. The summed E-state index contributed by atoms with van der Waals surface area (Å²) in [6.45, 7) is 1.49. The maximum absolute atomic E-state index is 12.3. The molecule has 0 aliphatic carbocycles. The van der Waals surface area contributed by atoms with Crippen LogP contribution in [0.15, 0.2) is 33.4 Å². The SMILES string of the molecule is CNC1CCN(C(=O)c2cc(-c3ccco3)on2)CC1.Cl. The van der Waals surface area contributed by atoms with Crippen LogP contribution in [0.4, 0.5) is 0 Å². The fourth-order valence-electron chi connectivity index (χ4n) is 2.44. The van der Waals surface area contributed by atoms with Gasteiger partial charge in [0.1, 0.15) is 0 Å². The number of furan rings is 1. The van der Waals surface area contributed by atoms with Crippen molar-refractivity contribution < 1.29 is 13.7 Å². The van der Waals surface area contributed by atoms with Crippen molar-refractivity contribution in [2.75, 3.05) is 20.1 Å². The van der Waals surface area contributed by atoms with Crippen LogP contribution in [0.25, 0.3) is 11.5 Å². The molecule has 1 saturated heterocycles. The van der Waals surface area contributed by atoms with E-state index in [0.717, 1.165) is 25.9 Å². The number of amides is 1. The van der Waals surface area contributed by atoms with Gasteiger partial charge in [-0.1, -0.05) is 5.16 Å². The lowest BCUT2D eigenvalue weighted by Gasteiger charge is -2.31. The van der Waals surface area contributed by atoms with Crippen LogP contribution in [0, 0.1) is 0 Å². The molecule has 7 heteroatoms. The van der Waals surface area contributed by atoms with E-state index in [1.165, 1.54) is 0 Å². The fraction of sp³-hybridized carbons (Fsp3) is 0.429. The zero-order valence-electron chi connectivity index (χ0n) is 11.7. The van der Waals surface area contributed by atoms with E-state index in [4.69, 9.17) is 8.94 Å². The molecule has 6 nitrogen and oxygen atoms in total. The lowest BCUT2D eigenvalue weighted by Crippen LogP contribution is -2.44. The van der Waals surface area contributed by atoms with Crippen LogP contribution >= 0.6 is 12.4 Å². The highest BCUT2D eigenvalue weighted by molar-refractivity contribution is 5.93. The van der Waals surface area contributed by atoms with Crippen LogP contribution < -0.4 is 5.32 Å². The van der Waals surface area contributed by atoms with Crippen LogP contribution in [-0.4, -0.2) is 42.1 Å². The molecule has 0 spiro atoms. The molecule has 2 aromatic heterocycles. The van der Waals surface area contributed by atoms with Gasteiger partial charge in [0.25, 0.3) is 5.91 Å². The van der Waals surface area contributed by atoms with E-state index in [-0.39, 0.29) is 18.3 Å². The minimum absolute atomic E-state index is 0. The second kappa shape index (κ2) is 6.78. The summed E-state index contributed by atoms with van der Waals surface area (Å²) in [4.78, 5) is 14.1. The predicted molar refractivity (Wildman–Crippen MR) is 79.4 cm³/mol. The highest BCUT2D eigenvalue weighted by Gasteiger charge is 2.25. The van der Waals surface area contributed by atoms with Gasteiger partial charge in [0.05, 0.1) is 6.26 Å². The fourth-order valence-corrected chi connectivity index (χ4v) is 2.44. The molecule has 1 N–H and O–H groups in total. The normalized spacial score (nSPS) is 15.8. The summed E-state index contributed by atoms with van der Waals surface area (Å²) in [6, 6.07) is 5.66.